The quantitative estimate of drug-likeness (QED) is 0.667. The van der Waals surface area contributed by atoms with Crippen molar-refractivity contribution >= 4 is 0 Å². The van der Waals surface area contributed by atoms with Gasteiger partial charge in [-0.15, -0.1) is 0 Å². The average Bonchev–Trinajstić information content (AvgIpc) is 2.59. The predicted octanol–water partition coefficient (Wildman–Crippen LogP) is 4.48. The predicted molar refractivity (Wildman–Crippen MR) is 108 cm³/mol. The minimum atomic E-state index is -0.561. The summed E-state index contributed by atoms with van der Waals surface area (Å²) in [5.41, 5.74) is 4.72. The minimum Gasteiger partial charge on any atom is -0.389 e. The Morgan fingerprint density at radius 2 is 1.70 bits per heavy atom. The Hall–Kier alpha value is -1.75. The molecular weight excluding hydrogens is 341 g/mol. The van der Waals surface area contributed by atoms with Crippen molar-refractivity contribution in [1.82, 2.24) is 4.90 Å². The van der Waals surface area contributed by atoms with Crippen LogP contribution in [0.4, 0.5) is 4.39 Å². The number of aryl methyl sites for hydroxylation is 2. The molecule has 0 radical (unpaired) electrons. The average molecular weight is 374 g/mol. The van der Waals surface area contributed by atoms with Gasteiger partial charge in [0.1, 0.15) is 5.82 Å². The van der Waals surface area contributed by atoms with E-state index in [-0.39, 0.29) is 5.82 Å². The van der Waals surface area contributed by atoms with Crippen LogP contribution in [0.15, 0.2) is 42.5 Å². The van der Waals surface area contributed by atoms with E-state index in [0.717, 1.165) is 12.1 Å². The lowest BCUT2D eigenvalue weighted by Crippen LogP contribution is -2.34. The van der Waals surface area contributed by atoms with E-state index in [1.54, 1.807) is 12.1 Å². The van der Waals surface area contributed by atoms with Crippen LogP contribution in [0.3, 0.4) is 0 Å². The summed E-state index contributed by atoms with van der Waals surface area (Å²) >= 11 is 0. The van der Waals surface area contributed by atoms with Gasteiger partial charge in [-0.2, -0.15) is 0 Å². The van der Waals surface area contributed by atoms with Crippen molar-refractivity contribution in [1.29, 1.82) is 0 Å². The van der Waals surface area contributed by atoms with Gasteiger partial charge in [-0.1, -0.05) is 49.7 Å². The van der Waals surface area contributed by atoms with E-state index in [1.807, 2.05) is 0 Å². The Labute approximate surface area is 162 Å². The molecule has 0 heterocycles. The van der Waals surface area contributed by atoms with E-state index < -0.39 is 6.10 Å². The SMILES string of the molecule is Cc1ccc(C)c(CN(Cc2ccc(F)cc2)C[C@@H](O)COCC(C)C)c1. The highest BCUT2D eigenvalue weighted by molar-refractivity contribution is 5.30. The third-order valence-electron chi connectivity index (χ3n) is 4.45. The van der Waals surface area contributed by atoms with Crippen LogP contribution in [0.5, 0.6) is 0 Å². The number of ether oxygens (including phenoxy) is 1. The number of halogens is 1. The molecule has 0 unspecified atom stereocenters. The van der Waals surface area contributed by atoms with Crippen LogP contribution in [0.2, 0.25) is 0 Å². The first kappa shape index (κ1) is 21.5. The first-order chi connectivity index (χ1) is 12.8. The molecule has 0 aliphatic heterocycles. The smallest absolute Gasteiger partial charge is 0.123 e. The van der Waals surface area contributed by atoms with Crippen LogP contribution in [0.25, 0.3) is 0 Å². The largest absolute Gasteiger partial charge is 0.389 e. The molecule has 4 heteroatoms. The van der Waals surface area contributed by atoms with Gasteiger partial charge in [0, 0.05) is 26.2 Å². The molecule has 0 spiro atoms. The van der Waals surface area contributed by atoms with E-state index in [4.69, 9.17) is 4.74 Å². The molecule has 3 nitrogen and oxygen atoms in total. The number of aliphatic hydroxyl groups is 1. The second-order valence-electron chi connectivity index (χ2n) is 7.81. The van der Waals surface area contributed by atoms with Crippen molar-refractivity contribution in [2.45, 2.75) is 46.9 Å². The zero-order valence-electron chi connectivity index (χ0n) is 16.9. The summed E-state index contributed by atoms with van der Waals surface area (Å²) in [6.45, 7) is 11.2. The van der Waals surface area contributed by atoms with E-state index in [0.29, 0.717) is 32.2 Å². The molecule has 0 fully saturated rings. The molecule has 0 saturated heterocycles. The van der Waals surface area contributed by atoms with Crippen LogP contribution < -0.4 is 0 Å². The fourth-order valence-corrected chi connectivity index (χ4v) is 3.04. The number of hydrogen-bond acceptors (Lipinski definition) is 3. The maximum absolute atomic E-state index is 13.2. The summed E-state index contributed by atoms with van der Waals surface area (Å²) in [5.74, 6) is 0.212. The van der Waals surface area contributed by atoms with Crippen LogP contribution in [-0.2, 0) is 17.8 Å². The molecule has 2 aromatic rings. The van der Waals surface area contributed by atoms with E-state index in [2.05, 4.69) is 50.8 Å². The zero-order valence-corrected chi connectivity index (χ0v) is 16.9. The molecule has 1 N–H and O–H groups in total. The zero-order chi connectivity index (χ0) is 19.8. The number of hydrogen-bond donors (Lipinski definition) is 1. The van der Waals surface area contributed by atoms with Gasteiger partial charge in [0.05, 0.1) is 12.7 Å². The highest BCUT2D eigenvalue weighted by atomic mass is 19.1. The molecule has 0 saturated carbocycles. The monoisotopic (exact) mass is 373 g/mol. The standard InChI is InChI=1S/C23H32FNO2/c1-17(2)15-27-16-23(26)14-25(12-20-7-9-22(24)10-8-20)13-21-11-18(3)5-6-19(21)4/h5-11,17,23,26H,12-16H2,1-4H3/t23-/m1/s1. The molecule has 0 bridgehead atoms. The fraction of sp³-hybridized carbons (Fsp3) is 0.478. The van der Waals surface area contributed by atoms with Crippen LogP contribution in [0.1, 0.15) is 36.1 Å². The number of rotatable bonds is 10. The first-order valence-electron chi connectivity index (χ1n) is 9.62. The molecule has 1 atom stereocenters. The Bertz CT molecular complexity index is 700. The van der Waals surface area contributed by atoms with Gasteiger partial charge in [0.15, 0.2) is 0 Å². The summed E-state index contributed by atoms with van der Waals surface area (Å²) in [5, 5.41) is 10.4. The lowest BCUT2D eigenvalue weighted by Gasteiger charge is -2.26. The molecule has 2 aromatic carbocycles. The second kappa shape index (κ2) is 10.5. The third-order valence-corrected chi connectivity index (χ3v) is 4.45. The number of nitrogens with zero attached hydrogens (tertiary/aromatic N) is 1. The Kier molecular flexibility index (Phi) is 8.42. The maximum Gasteiger partial charge on any atom is 0.123 e. The molecular formula is C23H32FNO2. The van der Waals surface area contributed by atoms with Gasteiger partial charge < -0.3 is 9.84 Å². The molecule has 27 heavy (non-hydrogen) atoms. The second-order valence-corrected chi connectivity index (χ2v) is 7.81. The molecule has 0 aliphatic carbocycles. The van der Waals surface area contributed by atoms with Gasteiger partial charge in [0.25, 0.3) is 0 Å². The highest BCUT2D eigenvalue weighted by Crippen LogP contribution is 2.16. The van der Waals surface area contributed by atoms with Crippen molar-refractivity contribution in [3.05, 3.63) is 70.5 Å². The van der Waals surface area contributed by atoms with Crippen LogP contribution >= 0.6 is 0 Å². The van der Waals surface area contributed by atoms with E-state index >= 15 is 0 Å². The molecule has 0 aliphatic rings. The van der Waals surface area contributed by atoms with Gasteiger partial charge in [0.2, 0.25) is 0 Å². The van der Waals surface area contributed by atoms with Crippen molar-refractivity contribution in [2.24, 2.45) is 5.92 Å². The lowest BCUT2D eigenvalue weighted by atomic mass is 10.0. The van der Waals surface area contributed by atoms with Gasteiger partial charge >= 0.3 is 0 Å². The summed E-state index contributed by atoms with van der Waals surface area (Å²) in [6.07, 6.45) is -0.561. The minimum absolute atomic E-state index is 0.234. The van der Waals surface area contributed by atoms with Crippen molar-refractivity contribution in [3.8, 4) is 0 Å². The fourth-order valence-electron chi connectivity index (χ4n) is 3.04. The Balaban J connectivity index is 2.07. The summed E-state index contributed by atoms with van der Waals surface area (Å²) < 4.78 is 18.8. The van der Waals surface area contributed by atoms with E-state index in [1.165, 1.54) is 28.8 Å². The summed E-state index contributed by atoms with van der Waals surface area (Å²) in [4.78, 5) is 2.19. The maximum atomic E-state index is 13.2. The molecule has 0 amide bonds. The van der Waals surface area contributed by atoms with Crippen LogP contribution in [-0.4, -0.2) is 35.9 Å². The highest BCUT2D eigenvalue weighted by Gasteiger charge is 2.15. The number of benzene rings is 2. The van der Waals surface area contributed by atoms with Crippen LogP contribution in [0, 0.1) is 25.6 Å². The van der Waals surface area contributed by atoms with Crippen molar-refractivity contribution in [2.75, 3.05) is 19.8 Å². The normalized spacial score (nSPS) is 12.7. The lowest BCUT2D eigenvalue weighted by molar-refractivity contribution is 0.00551. The number of aliphatic hydroxyl groups excluding tert-OH is 1. The van der Waals surface area contributed by atoms with Gasteiger partial charge in [-0.25, -0.2) is 4.39 Å². The molecule has 0 aromatic heterocycles. The first-order valence-corrected chi connectivity index (χ1v) is 9.62. The Morgan fingerprint density at radius 3 is 2.37 bits per heavy atom. The Morgan fingerprint density at radius 1 is 1.00 bits per heavy atom. The van der Waals surface area contributed by atoms with E-state index in [9.17, 15) is 9.50 Å². The topological polar surface area (TPSA) is 32.7 Å². The third kappa shape index (κ3) is 7.79. The van der Waals surface area contributed by atoms with Crippen molar-refractivity contribution in [3.63, 3.8) is 0 Å². The van der Waals surface area contributed by atoms with Gasteiger partial charge in [-0.3, -0.25) is 4.90 Å². The summed E-state index contributed by atoms with van der Waals surface area (Å²) in [7, 11) is 0. The van der Waals surface area contributed by atoms with Crippen molar-refractivity contribution < 1.29 is 14.2 Å². The summed E-state index contributed by atoms with van der Waals surface area (Å²) in [6, 6.07) is 13.0. The van der Waals surface area contributed by atoms with Gasteiger partial charge in [-0.05, 0) is 48.6 Å². The molecule has 148 valence electrons. The molecule has 2 rings (SSSR count).